The molecule has 246 valence electrons. The Bertz CT molecular complexity index is 1860. The van der Waals surface area contributed by atoms with Gasteiger partial charge in [0.1, 0.15) is 11.5 Å². The number of ether oxygens (including phenoxy) is 2. The molecule has 5 aromatic carbocycles. The van der Waals surface area contributed by atoms with Gasteiger partial charge in [-0.15, -0.1) is 0 Å². The predicted molar refractivity (Wildman–Crippen MR) is 194 cm³/mol. The van der Waals surface area contributed by atoms with E-state index >= 15 is 0 Å². The number of aromatic nitrogens is 3. The first-order valence-corrected chi connectivity index (χ1v) is 16.8. The average Bonchev–Trinajstić information content (AvgIpc) is 3.15. The number of carbonyl (C=O) groups is 1. The summed E-state index contributed by atoms with van der Waals surface area (Å²) in [5, 5.41) is 11.1. The number of unbranched alkanes of at least 4 members (excludes halogenated alkanes) is 5. The zero-order valence-electron chi connectivity index (χ0n) is 27.6. The SMILES string of the molecule is CCCCCCCCOC(=O)Oc1ccc(-c2nc(-c3ccc(-c4ccccc4)cc3)nc(-c3ccc(-c4ccccc4)cc3)n2)c(O)c1. The standard InChI is InChI=1S/C42H39N3O4/c1-2-3-4-5-6-13-28-48-42(47)49-36-26-27-37(38(46)29-36)41-44-39(34-22-18-32(19-23-34)30-14-9-7-10-15-30)43-40(45-41)35-24-20-33(21-25-35)31-16-11-8-12-17-31/h7-12,14-27,29,46H,2-6,13,28H2,1H3. The van der Waals surface area contributed by atoms with Gasteiger partial charge in [-0.05, 0) is 40.8 Å². The van der Waals surface area contributed by atoms with Gasteiger partial charge < -0.3 is 14.6 Å². The van der Waals surface area contributed by atoms with Crippen LogP contribution in [0.2, 0.25) is 0 Å². The van der Waals surface area contributed by atoms with Crippen LogP contribution in [-0.2, 0) is 4.74 Å². The average molecular weight is 650 g/mol. The van der Waals surface area contributed by atoms with Crippen LogP contribution < -0.4 is 4.74 Å². The highest BCUT2D eigenvalue weighted by Gasteiger charge is 2.17. The van der Waals surface area contributed by atoms with Crippen molar-refractivity contribution < 1.29 is 19.4 Å². The monoisotopic (exact) mass is 649 g/mol. The van der Waals surface area contributed by atoms with E-state index in [1.54, 1.807) is 12.1 Å². The molecule has 0 aliphatic heterocycles. The fraction of sp³-hybridized carbons (Fsp3) is 0.190. The van der Waals surface area contributed by atoms with Crippen molar-refractivity contribution in [2.45, 2.75) is 45.4 Å². The number of aromatic hydroxyl groups is 1. The first kappa shape index (κ1) is 33.1. The Morgan fingerprint density at radius 2 is 1.02 bits per heavy atom. The molecule has 1 heterocycles. The molecule has 0 unspecified atom stereocenters. The zero-order valence-corrected chi connectivity index (χ0v) is 27.6. The van der Waals surface area contributed by atoms with Crippen LogP contribution in [-0.4, -0.2) is 32.8 Å². The van der Waals surface area contributed by atoms with Crippen molar-refractivity contribution in [1.29, 1.82) is 0 Å². The highest BCUT2D eigenvalue weighted by atomic mass is 16.7. The summed E-state index contributed by atoms with van der Waals surface area (Å²) in [6, 6.07) is 41.0. The maximum Gasteiger partial charge on any atom is 0.513 e. The molecule has 1 aromatic heterocycles. The predicted octanol–water partition coefficient (Wildman–Crippen LogP) is 10.8. The number of phenolic OH excluding ortho intramolecular Hbond substituents is 1. The minimum Gasteiger partial charge on any atom is -0.507 e. The van der Waals surface area contributed by atoms with Crippen molar-refractivity contribution >= 4 is 6.16 Å². The van der Waals surface area contributed by atoms with Gasteiger partial charge in [-0.25, -0.2) is 19.7 Å². The van der Waals surface area contributed by atoms with Gasteiger partial charge >= 0.3 is 6.16 Å². The smallest absolute Gasteiger partial charge is 0.507 e. The Hall–Kier alpha value is -5.82. The largest absolute Gasteiger partial charge is 0.513 e. The van der Waals surface area contributed by atoms with Crippen molar-refractivity contribution in [2.75, 3.05) is 6.61 Å². The second kappa shape index (κ2) is 16.3. The fourth-order valence-electron chi connectivity index (χ4n) is 5.57. The van der Waals surface area contributed by atoms with E-state index < -0.39 is 6.16 Å². The molecular weight excluding hydrogens is 610 g/mol. The minimum atomic E-state index is -0.802. The molecule has 0 bridgehead atoms. The Morgan fingerprint density at radius 3 is 1.55 bits per heavy atom. The van der Waals surface area contributed by atoms with Gasteiger partial charge in [0.25, 0.3) is 0 Å². The molecule has 0 saturated heterocycles. The molecular formula is C42H39N3O4. The third-order valence-corrected chi connectivity index (χ3v) is 8.26. The Balaban J connectivity index is 1.26. The second-order valence-corrected chi connectivity index (χ2v) is 11.8. The molecule has 7 nitrogen and oxygen atoms in total. The van der Waals surface area contributed by atoms with Crippen LogP contribution in [0.25, 0.3) is 56.4 Å². The molecule has 0 aliphatic carbocycles. The highest BCUT2D eigenvalue weighted by molar-refractivity contribution is 5.74. The first-order valence-electron chi connectivity index (χ1n) is 16.8. The number of carbonyl (C=O) groups excluding carboxylic acids is 1. The number of hydrogen-bond acceptors (Lipinski definition) is 7. The Labute approximate surface area is 287 Å². The van der Waals surface area contributed by atoms with E-state index in [1.807, 2.05) is 84.9 Å². The van der Waals surface area contributed by atoms with Crippen molar-refractivity contribution in [3.05, 3.63) is 127 Å². The van der Waals surface area contributed by atoms with Gasteiger partial charge in [0.05, 0.1) is 12.2 Å². The lowest BCUT2D eigenvalue weighted by Gasteiger charge is -2.11. The first-order chi connectivity index (χ1) is 24.1. The van der Waals surface area contributed by atoms with Gasteiger partial charge in [0.2, 0.25) is 0 Å². The van der Waals surface area contributed by atoms with E-state index in [0.29, 0.717) is 23.8 Å². The van der Waals surface area contributed by atoms with Crippen LogP contribution in [0.4, 0.5) is 4.79 Å². The maximum absolute atomic E-state index is 12.3. The van der Waals surface area contributed by atoms with Crippen LogP contribution >= 0.6 is 0 Å². The zero-order chi connectivity index (χ0) is 33.8. The number of phenols is 1. The Kier molecular flexibility index (Phi) is 11.0. The molecule has 0 aliphatic rings. The third kappa shape index (κ3) is 8.76. The molecule has 0 atom stereocenters. The lowest BCUT2D eigenvalue weighted by molar-refractivity contribution is 0.0972. The minimum absolute atomic E-state index is 0.136. The lowest BCUT2D eigenvalue weighted by atomic mass is 10.0. The summed E-state index contributed by atoms with van der Waals surface area (Å²) in [5.41, 5.74) is 6.37. The summed E-state index contributed by atoms with van der Waals surface area (Å²) < 4.78 is 10.6. The normalized spacial score (nSPS) is 10.9. The van der Waals surface area contributed by atoms with Gasteiger partial charge in [-0.2, -0.15) is 0 Å². The molecule has 7 heteroatoms. The van der Waals surface area contributed by atoms with Crippen molar-refractivity contribution in [2.24, 2.45) is 0 Å². The van der Waals surface area contributed by atoms with E-state index in [1.165, 1.54) is 25.3 Å². The molecule has 0 saturated carbocycles. The number of rotatable bonds is 13. The van der Waals surface area contributed by atoms with E-state index in [-0.39, 0.29) is 17.3 Å². The van der Waals surface area contributed by atoms with E-state index in [0.717, 1.165) is 52.6 Å². The second-order valence-electron chi connectivity index (χ2n) is 11.8. The summed E-state index contributed by atoms with van der Waals surface area (Å²) in [6.45, 7) is 2.48. The summed E-state index contributed by atoms with van der Waals surface area (Å²) in [5.74, 6) is 1.24. The molecule has 49 heavy (non-hydrogen) atoms. The van der Waals surface area contributed by atoms with Crippen molar-refractivity contribution in [3.8, 4) is 67.9 Å². The van der Waals surface area contributed by atoms with Crippen LogP contribution in [0, 0.1) is 0 Å². The summed E-state index contributed by atoms with van der Waals surface area (Å²) in [7, 11) is 0. The van der Waals surface area contributed by atoms with Crippen molar-refractivity contribution in [3.63, 3.8) is 0 Å². The van der Waals surface area contributed by atoms with Gasteiger partial charge in [0, 0.05) is 17.2 Å². The number of benzene rings is 5. The molecule has 1 N–H and O–H groups in total. The van der Waals surface area contributed by atoms with E-state index in [4.69, 9.17) is 24.4 Å². The maximum atomic E-state index is 12.3. The molecule has 0 radical (unpaired) electrons. The van der Waals surface area contributed by atoms with Crippen molar-refractivity contribution in [1.82, 2.24) is 15.0 Å². The van der Waals surface area contributed by atoms with Gasteiger partial charge in [0.15, 0.2) is 17.5 Å². The van der Waals surface area contributed by atoms with E-state index in [9.17, 15) is 9.90 Å². The Morgan fingerprint density at radius 1 is 0.551 bits per heavy atom. The molecule has 0 fully saturated rings. The molecule has 6 rings (SSSR count). The van der Waals surface area contributed by atoms with Crippen LogP contribution in [0.3, 0.4) is 0 Å². The summed E-state index contributed by atoms with van der Waals surface area (Å²) in [4.78, 5) is 26.7. The summed E-state index contributed by atoms with van der Waals surface area (Å²) in [6.07, 6.45) is 5.72. The van der Waals surface area contributed by atoms with Crippen LogP contribution in [0.5, 0.6) is 11.5 Å². The number of hydrogen-bond donors (Lipinski definition) is 1. The highest BCUT2D eigenvalue weighted by Crippen LogP contribution is 2.34. The summed E-state index contributed by atoms with van der Waals surface area (Å²) >= 11 is 0. The molecule has 6 aromatic rings. The van der Waals surface area contributed by atoms with Gasteiger partial charge in [-0.3, -0.25) is 0 Å². The van der Waals surface area contributed by atoms with Gasteiger partial charge in [-0.1, -0.05) is 148 Å². The van der Waals surface area contributed by atoms with Crippen LogP contribution in [0.15, 0.2) is 127 Å². The third-order valence-electron chi connectivity index (χ3n) is 8.26. The fourth-order valence-corrected chi connectivity index (χ4v) is 5.57. The quantitative estimate of drug-likeness (QED) is 0.0755. The molecule has 0 spiro atoms. The number of nitrogens with zero attached hydrogens (tertiary/aromatic N) is 3. The lowest BCUT2D eigenvalue weighted by Crippen LogP contribution is -2.11. The molecule has 0 amide bonds. The van der Waals surface area contributed by atoms with Crippen LogP contribution in [0.1, 0.15) is 45.4 Å². The van der Waals surface area contributed by atoms with E-state index in [2.05, 4.69) is 31.2 Å². The topological polar surface area (TPSA) is 94.4 Å².